The fourth-order valence-corrected chi connectivity index (χ4v) is 2.48. The van der Waals surface area contributed by atoms with Gasteiger partial charge in [0.25, 0.3) is 0 Å². The van der Waals surface area contributed by atoms with Crippen molar-refractivity contribution in [2.45, 2.75) is 6.42 Å². The van der Waals surface area contributed by atoms with Crippen LogP contribution in [0.5, 0.6) is 0 Å². The molecule has 1 fully saturated rings. The molecule has 1 aliphatic heterocycles. The summed E-state index contributed by atoms with van der Waals surface area (Å²) in [6.45, 7) is 0.232. The minimum absolute atomic E-state index is 0.150. The summed E-state index contributed by atoms with van der Waals surface area (Å²) in [6, 6.07) is 4.63. The minimum Gasteiger partial charge on any atom is -0.384 e. The molecule has 1 aromatic carbocycles. The van der Waals surface area contributed by atoms with Crippen molar-refractivity contribution >= 4 is 40.7 Å². The molecule has 1 heterocycles. The van der Waals surface area contributed by atoms with E-state index < -0.39 is 5.92 Å². The summed E-state index contributed by atoms with van der Waals surface area (Å²) in [5.74, 6) is -0.971. The molecule has 1 saturated heterocycles. The van der Waals surface area contributed by atoms with Gasteiger partial charge in [-0.15, -0.1) is 0 Å². The predicted octanol–water partition coefficient (Wildman–Crippen LogP) is 2.52. The third-order valence-corrected chi connectivity index (χ3v) is 3.15. The van der Waals surface area contributed by atoms with Gasteiger partial charge in [0.2, 0.25) is 11.8 Å². The number of nitrogens with zero attached hydrogens (tertiary/aromatic N) is 1. The smallest absolute Gasteiger partial charge is 0.239 e. The molecule has 1 atom stereocenters. The van der Waals surface area contributed by atoms with Crippen LogP contribution < -0.4 is 4.90 Å². The summed E-state index contributed by atoms with van der Waals surface area (Å²) >= 11 is 11.7. The minimum atomic E-state index is -0.430. The van der Waals surface area contributed by atoms with Crippen LogP contribution in [0.1, 0.15) is 6.42 Å². The monoisotopic (exact) mass is 287 g/mol. The number of hydrogen-bond donors (Lipinski definition) is 0. The Labute approximate surface area is 114 Å². The van der Waals surface area contributed by atoms with E-state index in [0.29, 0.717) is 15.7 Å². The van der Waals surface area contributed by atoms with E-state index in [-0.39, 0.29) is 24.8 Å². The maximum Gasteiger partial charge on any atom is 0.239 e. The quantitative estimate of drug-likeness (QED) is 0.803. The van der Waals surface area contributed by atoms with Gasteiger partial charge in [-0.25, -0.2) is 0 Å². The molecular weight excluding hydrogens is 277 g/mol. The van der Waals surface area contributed by atoms with Gasteiger partial charge in [-0.1, -0.05) is 23.2 Å². The first-order valence-corrected chi connectivity index (χ1v) is 6.10. The molecule has 96 valence electrons. The van der Waals surface area contributed by atoms with E-state index in [9.17, 15) is 9.59 Å². The third kappa shape index (κ3) is 2.51. The van der Waals surface area contributed by atoms with Gasteiger partial charge >= 0.3 is 0 Å². The first-order valence-electron chi connectivity index (χ1n) is 5.34. The van der Waals surface area contributed by atoms with Crippen LogP contribution >= 0.6 is 23.2 Å². The second kappa shape index (κ2) is 5.26. The molecule has 2 rings (SSSR count). The van der Waals surface area contributed by atoms with Crippen LogP contribution in [0.4, 0.5) is 5.69 Å². The second-order valence-corrected chi connectivity index (χ2v) is 4.92. The van der Waals surface area contributed by atoms with Crippen molar-refractivity contribution in [1.82, 2.24) is 0 Å². The summed E-state index contributed by atoms with van der Waals surface area (Å²) in [4.78, 5) is 25.0. The number of halogens is 2. The van der Waals surface area contributed by atoms with Gasteiger partial charge in [0.05, 0.1) is 18.2 Å². The molecule has 18 heavy (non-hydrogen) atoms. The molecule has 6 heteroatoms. The fraction of sp³-hybridized carbons (Fsp3) is 0.333. The van der Waals surface area contributed by atoms with Crippen LogP contribution in [-0.4, -0.2) is 25.5 Å². The largest absolute Gasteiger partial charge is 0.384 e. The Morgan fingerprint density at radius 2 is 1.89 bits per heavy atom. The van der Waals surface area contributed by atoms with Gasteiger partial charge in [0.15, 0.2) is 0 Å². The summed E-state index contributed by atoms with van der Waals surface area (Å²) in [5.41, 5.74) is 0.404. The fourth-order valence-electron chi connectivity index (χ4n) is 1.97. The van der Waals surface area contributed by atoms with Gasteiger partial charge in [-0.05, 0) is 18.2 Å². The Kier molecular flexibility index (Phi) is 3.90. The van der Waals surface area contributed by atoms with E-state index in [1.165, 1.54) is 7.11 Å². The van der Waals surface area contributed by atoms with Crippen molar-refractivity contribution in [3.63, 3.8) is 0 Å². The molecule has 2 amide bonds. The molecule has 0 unspecified atom stereocenters. The lowest BCUT2D eigenvalue weighted by molar-refractivity contribution is -0.122. The number of anilines is 1. The molecule has 0 bridgehead atoms. The molecule has 0 radical (unpaired) electrons. The van der Waals surface area contributed by atoms with Gasteiger partial charge in [0.1, 0.15) is 0 Å². The predicted molar refractivity (Wildman–Crippen MR) is 68.9 cm³/mol. The van der Waals surface area contributed by atoms with E-state index in [4.69, 9.17) is 27.9 Å². The average Bonchev–Trinajstić information content (AvgIpc) is 2.53. The van der Waals surface area contributed by atoms with E-state index in [1.54, 1.807) is 18.2 Å². The van der Waals surface area contributed by atoms with E-state index >= 15 is 0 Å². The second-order valence-electron chi connectivity index (χ2n) is 4.05. The summed E-state index contributed by atoms with van der Waals surface area (Å²) in [5, 5.41) is 0.765. The lowest BCUT2D eigenvalue weighted by Crippen LogP contribution is -2.31. The van der Waals surface area contributed by atoms with Gasteiger partial charge in [-0.3, -0.25) is 14.5 Å². The number of hydrogen-bond acceptors (Lipinski definition) is 3. The number of rotatable bonds is 3. The van der Waals surface area contributed by atoms with Crippen LogP contribution in [0.15, 0.2) is 18.2 Å². The molecular formula is C12H11Cl2NO3. The number of methoxy groups -OCH3 is 1. The molecule has 0 aromatic heterocycles. The van der Waals surface area contributed by atoms with Crippen molar-refractivity contribution in [3.05, 3.63) is 28.2 Å². The third-order valence-electron chi connectivity index (χ3n) is 2.71. The van der Waals surface area contributed by atoms with E-state index in [1.807, 2.05) is 0 Å². The Morgan fingerprint density at radius 1 is 1.28 bits per heavy atom. The van der Waals surface area contributed by atoms with Crippen molar-refractivity contribution in [2.24, 2.45) is 5.92 Å². The zero-order valence-corrected chi connectivity index (χ0v) is 11.2. The Hall–Kier alpha value is -1.10. The molecule has 1 aromatic rings. The molecule has 0 saturated carbocycles. The van der Waals surface area contributed by atoms with Crippen molar-refractivity contribution in [3.8, 4) is 0 Å². The standard InChI is InChI=1S/C12H11Cl2NO3/c1-18-6-7-2-11(16)15(12(7)17)10-4-8(13)3-9(14)5-10/h3-5,7H,2,6H2,1H3/t7-/m0/s1. The maximum atomic E-state index is 12.1. The highest BCUT2D eigenvalue weighted by Gasteiger charge is 2.39. The van der Waals surface area contributed by atoms with Crippen molar-refractivity contribution in [1.29, 1.82) is 0 Å². The SMILES string of the molecule is COC[C@@H]1CC(=O)N(c2cc(Cl)cc(Cl)c2)C1=O. The molecule has 0 spiro atoms. The van der Waals surface area contributed by atoms with Gasteiger partial charge < -0.3 is 4.74 Å². The molecule has 4 nitrogen and oxygen atoms in total. The summed E-state index contributed by atoms with van der Waals surface area (Å²) < 4.78 is 4.92. The lowest BCUT2D eigenvalue weighted by Gasteiger charge is -2.15. The highest BCUT2D eigenvalue weighted by Crippen LogP contribution is 2.31. The topological polar surface area (TPSA) is 46.6 Å². The molecule has 0 N–H and O–H groups in total. The van der Waals surface area contributed by atoms with Crippen molar-refractivity contribution < 1.29 is 14.3 Å². The number of benzene rings is 1. The Balaban J connectivity index is 2.32. The Bertz CT molecular complexity index is 484. The number of amides is 2. The first-order chi connectivity index (χ1) is 8.52. The zero-order valence-electron chi connectivity index (χ0n) is 9.65. The summed E-state index contributed by atoms with van der Waals surface area (Å²) in [7, 11) is 1.50. The summed E-state index contributed by atoms with van der Waals surface area (Å²) in [6.07, 6.45) is 0.150. The number of carbonyl (C=O) groups excluding carboxylic acids is 2. The van der Waals surface area contributed by atoms with Crippen molar-refractivity contribution in [2.75, 3.05) is 18.6 Å². The van der Waals surface area contributed by atoms with Gasteiger partial charge in [0, 0.05) is 23.6 Å². The molecule has 0 aliphatic carbocycles. The van der Waals surface area contributed by atoms with Crippen LogP contribution in [0, 0.1) is 5.92 Å². The average molecular weight is 288 g/mol. The van der Waals surface area contributed by atoms with E-state index in [0.717, 1.165) is 4.90 Å². The number of imide groups is 1. The highest BCUT2D eigenvalue weighted by molar-refractivity contribution is 6.35. The van der Waals surface area contributed by atoms with Crippen LogP contribution in [0.3, 0.4) is 0 Å². The molecule has 1 aliphatic rings. The lowest BCUT2D eigenvalue weighted by atomic mass is 10.1. The van der Waals surface area contributed by atoms with Gasteiger partial charge in [-0.2, -0.15) is 0 Å². The Morgan fingerprint density at radius 3 is 2.44 bits per heavy atom. The zero-order chi connectivity index (χ0) is 13.3. The van der Waals surface area contributed by atoms with Crippen LogP contribution in [-0.2, 0) is 14.3 Å². The van der Waals surface area contributed by atoms with Crippen LogP contribution in [0.25, 0.3) is 0 Å². The first kappa shape index (κ1) is 13.3. The van der Waals surface area contributed by atoms with E-state index in [2.05, 4.69) is 0 Å². The van der Waals surface area contributed by atoms with Crippen LogP contribution in [0.2, 0.25) is 10.0 Å². The normalized spacial score (nSPS) is 19.7. The highest BCUT2D eigenvalue weighted by atomic mass is 35.5. The number of carbonyl (C=O) groups is 2. The maximum absolute atomic E-state index is 12.1. The number of ether oxygens (including phenoxy) is 1.